The topological polar surface area (TPSA) is 41.1 Å². The largest absolute Gasteiger partial charge is 0.316 e. The summed E-state index contributed by atoms with van der Waals surface area (Å²) in [5, 5.41) is 4.23. The zero-order valence-electron chi connectivity index (χ0n) is 14.2. The molecule has 0 spiro atoms. The van der Waals surface area contributed by atoms with Gasteiger partial charge in [0.05, 0.1) is 4.88 Å². The molecule has 1 aromatic carbocycles. The third-order valence-corrected chi connectivity index (χ3v) is 5.44. The second-order valence-corrected chi connectivity index (χ2v) is 7.44. The van der Waals surface area contributed by atoms with Gasteiger partial charge < -0.3 is 5.32 Å². The van der Waals surface area contributed by atoms with Crippen LogP contribution in [-0.2, 0) is 6.54 Å². The van der Waals surface area contributed by atoms with Gasteiger partial charge in [-0.25, -0.2) is 9.97 Å². The normalized spacial score (nSPS) is 15.2. The van der Waals surface area contributed by atoms with E-state index in [-0.39, 0.29) is 0 Å². The van der Waals surface area contributed by atoms with Crippen LogP contribution < -0.4 is 5.32 Å². The van der Waals surface area contributed by atoms with Crippen LogP contribution in [0.1, 0.15) is 24.8 Å². The van der Waals surface area contributed by atoms with Gasteiger partial charge in [0.2, 0.25) is 0 Å². The number of hydrogen-bond donors (Lipinski definition) is 1. The quantitative estimate of drug-likeness (QED) is 0.708. The van der Waals surface area contributed by atoms with E-state index in [2.05, 4.69) is 44.5 Å². The highest BCUT2D eigenvalue weighted by Crippen LogP contribution is 2.30. The fourth-order valence-electron chi connectivity index (χ4n) is 3.19. The van der Waals surface area contributed by atoms with Crippen LogP contribution in [0.5, 0.6) is 0 Å². The lowest BCUT2D eigenvalue weighted by molar-refractivity contribution is 0.221. The molecule has 1 saturated heterocycles. The molecule has 25 heavy (non-hydrogen) atoms. The fourth-order valence-corrected chi connectivity index (χ4v) is 4.02. The van der Waals surface area contributed by atoms with E-state index in [0.29, 0.717) is 0 Å². The molecular formula is C20H22N4S. The molecule has 0 atom stereocenters. The van der Waals surface area contributed by atoms with Crippen molar-refractivity contribution in [3.63, 3.8) is 0 Å². The van der Waals surface area contributed by atoms with Gasteiger partial charge in [-0.15, -0.1) is 0 Å². The van der Waals surface area contributed by atoms with Crippen LogP contribution >= 0.6 is 11.3 Å². The first kappa shape index (κ1) is 16.2. The van der Waals surface area contributed by atoms with Gasteiger partial charge >= 0.3 is 0 Å². The summed E-state index contributed by atoms with van der Waals surface area (Å²) in [5.41, 5.74) is 2.50. The van der Waals surface area contributed by atoms with E-state index in [9.17, 15) is 0 Å². The molecule has 1 aliphatic rings. The number of likely N-dealkylation sites (tertiary alicyclic amines) is 1. The van der Waals surface area contributed by atoms with E-state index in [1.807, 2.05) is 30.6 Å². The second kappa shape index (κ2) is 7.76. The molecule has 1 fully saturated rings. The molecule has 4 nitrogen and oxygen atoms in total. The number of anilines is 2. The monoisotopic (exact) mass is 350 g/mol. The highest BCUT2D eigenvalue weighted by molar-refractivity contribution is 7.18. The van der Waals surface area contributed by atoms with Gasteiger partial charge in [-0.1, -0.05) is 48.1 Å². The standard InChI is InChI=1S/C20H22N4S/c1-3-7-17(8-4-1)18-14-22-20(25-18)23-19-13-16(9-10-21-19)15-24-11-5-2-6-12-24/h1,3-4,7-10,13-14H,2,5-6,11-12,15H2,(H,21,22,23). The van der Waals surface area contributed by atoms with Crippen molar-refractivity contribution in [3.05, 3.63) is 60.4 Å². The predicted molar refractivity (Wildman–Crippen MR) is 104 cm³/mol. The van der Waals surface area contributed by atoms with Crippen molar-refractivity contribution in [2.45, 2.75) is 25.8 Å². The average molecular weight is 350 g/mol. The smallest absolute Gasteiger partial charge is 0.188 e. The number of benzene rings is 1. The molecule has 0 radical (unpaired) electrons. The zero-order valence-corrected chi connectivity index (χ0v) is 15.0. The molecule has 0 unspecified atom stereocenters. The molecule has 1 aliphatic heterocycles. The van der Waals surface area contributed by atoms with Gasteiger partial charge in [-0.2, -0.15) is 0 Å². The molecule has 0 amide bonds. The summed E-state index contributed by atoms with van der Waals surface area (Å²) in [6, 6.07) is 14.6. The SMILES string of the molecule is c1ccc(-c2cnc(Nc3cc(CN4CCCCC4)ccn3)s2)cc1. The maximum absolute atomic E-state index is 4.49. The molecule has 3 aromatic rings. The molecule has 0 aliphatic carbocycles. The van der Waals surface area contributed by atoms with E-state index < -0.39 is 0 Å². The van der Waals surface area contributed by atoms with Gasteiger partial charge in [0.25, 0.3) is 0 Å². The molecule has 3 heterocycles. The Kier molecular flexibility index (Phi) is 5.04. The molecule has 0 saturated carbocycles. The maximum Gasteiger partial charge on any atom is 0.188 e. The van der Waals surface area contributed by atoms with Crippen molar-refractivity contribution < 1.29 is 0 Å². The summed E-state index contributed by atoms with van der Waals surface area (Å²) in [6.07, 6.45) is 7.80. The van der Waals surface area contributed by atoms with Gasteiger partial charge in [-0.05, 0) is 49.2 Å². The number of aromatic nitrogens is 2. The molecule has 0 bridgehead atoms. The Morgan fingerprint density at radius 2 is 1.84 bits per heavy atom. The third-order valence-electron chi connectivity index (χ3n) is 4.48. The Morgan fingerprint density at radius 1 is 1.00 bits per heavy atom. The first-order chi connectivity index (χ1) is 12.4. The molecule has 5 heteroatoms. The number of nitrogens with one attached hydrogen (secondary N) is 1. The van der Waals surface area contributed by atoms with Crippen LogP contribution in [0.3, 0.4) is 0 Å². The molecule has 1 N–H and O–H groups in total. The van der Waals surface area contributed by atoms with Crippen LogP contribution in [0, 0.1) is 0 Å². The molecule has 4 rings (SSSR count). The summed E-state index contributed by atoms with van der Waals surface area (Å²) < 4.78 is 0. The third kappa shape index (κ3) is 4.24. The lowest BCUT2D eigenvalue weighted by Crippen LogP contribution is -2.29. The van der Waals surface area contributed by atoms with Gasteiger partial charge in [0.1, 0.15) is 5.82 Å². The van der Waals surface area contributed by atoms with Crippen molar-refractivity contribution in [2.24, 2.45) is 0 Å². The van der Waals surface area contributed by atoms with E-state index in [1.54, 1.807) is 11.3 Å². The maximum atomic E-state index is 4.49. The van der Waals surface area contributed by atoms with Crippen molar-refractivity contribution >= 4 is 22.3 Å². The fraction of sp³-hybridized carbons (Fsp3) is 0.300. The average Bonchev–Trinajstić information content (AvgIpc) is 3.12. The van der Waals surface area contributed by atoms with Crippen molar-refractivity contribution in [3.8, 4) is 10.4 Å². The van der Waals surface area contributed by atoms with E-state index in [0.717, 1.165) is 22.4 Å². The Balaban J connectivity index is 1.44. The number of thiazole rings is 1. The lowest BCUT2D eigenvalue weighted by Gasteiger charge is -2.26. The Bertz CT molecular complexity index is 809. The van der Waals surface area contributed by atoms with Crippen LogP contribution in [-0.4, -0.2) is 28.0 Å². The van der Waals surface area contributed by atoms with Crippen LogP contribution in [0.2, 0.25) is 0 Å². The van der Waals surface area contributed by atoms with Crippen LogP contribution in [0.25, 0.3) is 10.4 Å². The minimum Gasteiger partial charge on any atom is -0.316 e. The Hall–Kier alpha value is -2.24. The number of piperidine rings is 1. The number of pyridine rings is 1. The van der Waals surface area contributed by atoms with Crippen molar-refractivity contribution in [1.29, 1.82) is 0 Å². The van der Waals surface area contributed by atoms with Gasteiger partial charge in [0, 0.05) is 18.9 Å². The van der Waals surface area contributed by atoms with Gasteiger partial charge in [-0.3, -0.25) is 4.90 Å². The van der Waals surface area contributed by atoms with Crippen LogP contribution in [0.15, 0.2) is 54.9 Å². The summed E-state index contributed by atoms with van der Waals surface area (Å²) in [5.74, 6) is 0.864. The van der Waals surface area contributed by atoms with E-state index in [1.165, 1.54) is 43.5 Å². The van der Waals surface area contributed by atoms with Crippen LogP contribution in [0.4, 0.5) is 10.9 Å². The first-order valence-electron chi connectivity index (χ1n) is 8.82. The van der Waals surface area contributed by atoms with E-state index >= 15 is 0 Å². The number of hydrogen-bond acceptors (Lipinski definition) is 5. The second-order valence-electron chi connectivity index (χ2n) is 6.41. The minimum absolute atomic E-state index is 0.864. The lowest BCUT2D eigenvalue weighted by atomic mass is 10.1. The Labute approximate surface area is 152 Å². The first-order valence-corrected chi connectivity index (χ1v) is 9.64. The summed E-state index contributed by atoms with van der Waals surface area (Å²) >= 11 is 1.65. The van der Waals surface area contributed by atoms with Crippen molar-refractivity contribution in [2.75, 3.05) is 18.4 Å². The molecule has 128 valence electrons. The predicted octanol–water partition coefficient (Wildman–Crippen LogP) is 4.93. The summed E-state index contributed by atoms with van der Waals surface area (Å²) in [7, 11) is 0. The zero-order chi connectivity index (χ0) is 16.9. The molecule has 2 aromatic heterocycles. The van der Waals surface area contributed by atoms with Crippen molar-refractivity contribution in [1.82, 2.24) is 14.9 Å². The summed E-state index contributed by atoms with van der Waals surface area (Å²) in [4.78, 5) is 12.6. The summed E-state index contributed by atoms with van der Waals surface area (Å²) in [6.45, 7) is 3.42. The highest BCUT2D eigenvalue weighted by Gasteiger charge is 2.11. The van der Waals surface area contributed by atoms with E-state index in [4.69, 9.17) is 0 Å². The molecular weight excluding hydrogens is 328 g/mol. The number of rotatable bonds is 5. The Morgan fingerprint density at radius 3 is 2.68 bits per heavy atom. The highest BCUT2D eigenvalue weighted by atomic mass is 32.1. The van der Waals surface area contributed by atoms with Gasteiger partial charge in [0.15, 0.2) is 5.13 Å². The number of nitrogens with zero attached hydrogens (tertiary/aromatic N) is 3. The minimum atomic E-state index is 0.864.